The monoisotopic (exact) mass is 263 g/mol. The maximum absolute atomic E-state index is 6.06. The van der Waals surface area contributed by atoms with Crippen molar-refractivity contribution in [1.29, 1.82) is 0 Å². The molecule has 1 aliphatic carbocycles. The van der Waals surface area contributed by atoms with Crippen molar-refractivity contribution in [1.82, 2.24) is 0 Å². The predicted molar refractivity (Wildman–Crippen MR) is 77.7 cm³/mol. The Bertz CT molecular complexity index is 375. The molecule has 0 spiro atoms. The number of hydrogen-bond acceptors (Lipinski definition) is 3. The molecule has 0 radical (unpaired) electrons. The Morgan fingerprint density at radius 1 is 1.21 bits per heavy atom. The Kier molecular flexibility index (Phi) is 5.52. The van der Waals surface area contributed by atoms with Gasteiger partial charge in [-0.05, 0) is 37.8 Å². The predicted octanol–water partition coefficient (Wildman–Crippen LogP) is 3.37. The minimum absolute atomic E-state index is 0.282. The molecule has 1 atom stereocenters. The van der Waals surface area contributed by atoms with Crippen molar-refractivity contribution in [3.05, 3.63) is 24.3 Å². The van der Waals surface area contributed by atoms with Gasteiger partial charge in [0.2, 0.25) is 0 Å². The minimum atomic E-state index is 0.282. The first kappa shape index (κ1) is 14.2. The van der Waals surface area contributed by atoms with Crippen molar-refractivity contribution < 1.29 is 9.47 Å². The molecule has 19 heavy (non-hydrogen) atoms. The lowest BCUT2D eigenvalue weighted by Crippen LogP contribution is -2.25. The molecule has 0 bridgehead atoms. The van der Waals surface area contributed by atoms with Crippen LogP contribution in [0.15, 0.2) is 24.3 Å². The molecule has 1 aliphatic rings. The molecule has 1 unspecified atom stereocenters. The van der Waals surface area contributed by atoms with Crippen LogP contribution in [0, 0.1) is 5.92 Å². The molecule has 3 heteroatoms. The summed E-state index contributed by atoms with van der Waals surface area (Å²) in [5.74, 6) is 2.42. The molecule has 106 valence electrons. The van der Waals surface area contributed by atoms with Crippen LogP contribution in [0.1, 0.15) is 39.0 Å². The molecular formula is C16H25NO2. The van der Waals surface area contributed by atoms with Gasteiger partial charge in [-0.1, -0.05) is 25.3 Å². The van der Waals surface area contributed by atoms with Gasteiger partial charge < -0.3 is 15.2 Å². The minimum Gasteiger partial charge on any atom is -0.492 e. The van der Waals surface area contributed by atoms with Crippen molar-refractivity contribution in [2.45, 2.75) is 45.1 Å². The number of hydrogen-bond donors (Lipinski definition) is 1. The second-order valence-corrected chi connectivity index (χ2v) is 5.33. The van der Waals surface area contributed by atoms with E-state index in [1.165, 1.54) is 32.1 Å². The van der Waals surface area contributed by atoms with E-state index in [1.807, 2.05) is 24.3 Å². The Labute approximate surface area is 116 Å². The van der Waals surface area contributed by atoms with E-state index in [0.717, 1.165) is 11.5 Å². The first-order valence-electron chi connectivity index (χ1n) is 7.39. The lowest BCUT2D eigenvalue weighted by Gasteiger charge is -2.28. The fraction of sp³-hybridized carbons (Fsp3) is 0.625. The van der Waals surface area contributed by atoms with E-state index >= 15 is 0 Å². The fourth-order valence-corrected chi connectivity index (χ4v) is 2.73. The van der Waals surface area contributed by atoms with Crippen LogP contribution < -0.4 is 15.2 Å². The quantitative estimate of drug-likeness (QED) is 0.855. The summed E-state index contributed by atoms with van der Waals surface area (Å²) < 4.78 is 11.6. The molecule has 1 aromatic carbocycles. The molecular weight excluding hydrogens is 238 g/mol. The highest BCUT2D eigenvalue weighted by Gasteiger charge is 2.21. The number of benzene rings is 1. The first-order valence-corrected chi connectivity index (χ1v) is 7.39. The topological polar surface area (TPSA) is 44.5 Å². The fourth-order valence-electron chi connectivity index (χ4n) is 2.73. The number of ether oxygens (including phenoxy) is 2. The van der Waals surface area contributed by atoms with Crippen molar-refractivity contribution in [2.24, 2.45) is 11.7 Å². The second kappa shape index (κ2) is 7.39. The van der Waals surface area contributed by atoms with Gasteiger partial charge in [-0.2, -0.15) is 0 Å². The maximum Gasteiger partial charge on any atom is 0.123 e. The summed E-state index contributed by atoms with van der Waals surface area (Å²) >= 11 is 0. The standard InChI is InChI=1S/C16H25NO2/c1-13(14-6-3-2-4-7-14)19-16-9-5-8-15(12-16)18-11-10-17/h5,8-9,12-14H,2-4,6-7,10-11,17H2,1H3. The van der Waals surface area contributed by atoms with Gasteiger partial charge in [-0.3, -0.25) is 0 Å². The zero-order chi connectivity index (χ0) is 13.5. The van der Waals surface area contributed by atoms with Crippen molar-refractivity contribution in [3.63, 3.8) is 0 Å². The van der Waals surface area contributed by atoms with Gasteiger partial charge in [0.05, 0.1) is 6.10 Å². The third kappa shape index (κ3) is 4.43. The molecule has 1 saturated carbocycles. The van der Waals surface area contributed by atoms with E-state index in [2.05, 4.69) is 6.92 Å². The summed E-state index contributed by atoms with van der Waals surface area (Å²) in [4.78, 5) is 0. The van der Waals surface area contributed by atoms with Gasteiger partial charge in [-0.15, -0.1) is 0 Å². The van der Waals surface area contributed by atoms with Crippen LogP contribution >= 0.6 is 0 Å². The van der Waals surface area contributed by atoms with Crippen molar-refractivity contribution >= 4 is 0 Å². The number of rotatable bonds is 6. The van der Waals surface area contributed by atoms with E-state index < -0.39 is 0 Å². The molecule has 0 saturated heterocycles. The third-order valence-electron chi connectivity index (χ3n) is 3.83. The highest BCUT2D eigenvalue weighted by molar-refractivity contribution is 5.33. The van der Waals surface area contributed by atoms with Crippen LogP contribution in [0.3, 0.4) is 0 Å². The van der Waals surface area contributed by atoms with Gasteiger partial charge in [0.1, 0.15) is 18.1 Å². The molecule has 0 aliphatic heterocycles. The maximum atomic E-state index is 6.06. The first-order chi connectivity index (χ1) is 9.29. The highest BCUT2D eigenvalue weighted by atomic mass is 16.5. The van der Waals surface area contributed by atoms with E-state index in [0.29, 0.717) is 19.1 Å². The molecule has 0 amide bonds. The van der Waals surface area contributed by atoms with E-state index in [4.69, 9.17) is 15.2 Å². The van der Waals surface area contributed by atoms with Gasteiger partial charge >= 0.3 is 0 Å². The SMILES string of the molecule is CC(Oc1cccc(OCCN)c1)C1CCCCC1. The highest BCUT2D eigenvalue weighted by Crippen LogP contribution is 2.29. The molecule has 2 N–H and O–H groups in total. The largest absolute Gasteiger partial charge is 0.492 e. The Balaban J connectivity index is 1.90. The molecule has 0 aromatic heterocycles. The Morgan fingerprint density at radius 3 is 2.68 bits per heavy atom. The van der Waals surface area contributed by atoms with Crippen molar-refractivity contribution in [2.75, 3.05) is 13.2 Å². The van der Waals surface area contributed by atoms with Crippen LogP contribution in [0.25, 0.3) is 0 Å². The van der Waals surface area contributed by atoms with Gasteiger partial charge in [0.15, 0.2) is 0 Å². The zero-order valence-electron chi connectivity index (χ0n) is 11.8. The zero-order valence-corrected chi connectivity index (χ0v) is 11.8. The second-order valence-electron chi connectivity index (χ2n) is 5.33. The average molecular weight is 263 g/mol. The Hall–Kier alpha value is -1.22. The van der Waals surface area contributed by atoms with Gasteiger partial charge in [0, 0.05) is 12.6 Å². The van der Waals surface area contributed by atoms with Crippen LogP contribution in [0.5, 0.6) is 11.5 Å². The lowest BCUT2D eigenvalue weighted by molar-refractivity contribution is 0.123. The van der Waals surface area contributed by atoms with Gasteiger partial charge in [-0.25, -0.2) is 0 Å². The average Bonchev–Trinajstić information content (AvgIpc) is 2.46. The Morgan fingerprint density at radius 2 is 1.95 bits per heavy atom. The molecule has 1 aromatic rings. The van der Waals surface area contributed by atoms with Gasteiger partial charge in [0.25, 0.3) is 0 Å². The molecule has 1 fully saturated rings. The van der Waals surface area contributed by atoms with Crippen LogP contribution in [-0.4, -0.2) is 19.3 Å². The van der Waals surface area contributed by atoms with E-state index in [9.17, 15) is 0 Å². The van der Waals surface area contributed by atoms with E-state index in [1.54, 1.807) is 0 Å². The smallest absolute Gasteiger partial charge is 0.123 e. The molecule has 2 rings (SSSR count). The van der Waals surface area contributed by atoms with Crippen LogP contribution in [-0.2, 0) is 0 Å². The lowest BCUT2D eigenvalue weighted by atomic mass is 9.86. The van der Waals surface area contributed by atoms with Crippen molar-refractivity contribution in [3.8, 4) is 11.5 Å². The summed E-state index contributed by atoms with van der Waals surface area (Å²) in [6.45, 7) is 3.26. The van der Waals surface area contributed by atoms with E-state index in [-0.39, 0.29) is 6.10 Å². The molecule has 3 nitrogen and oxygen atoms in total. The van der Waals surface area contributed by atoms with Crippen LogP contribution in [0.4, 0.5) is 0 Å². The summed E-state index contributed by atoms with van der Waals surface area (Å²) in [5.41, 5.74) is 5.44. The summed E-state index contributed by atoms with van der Waals surface area (Å²) in [7, 11) is 0. The summed E-state index contributed by atoms with van der Waals surface area (Å²) in [6, 6.07) is 7.85. The summed E-state index contributed by atoms with van der Waals surface area (Å²) in [5, 5.41) is 0. The van der Waals surface area contributed by atoms with Crippen LogP contribution in [0.2, 0.25) is 0 Å². The third-order valence-corrected chi connectivity index (χ3v) is 3.83. The molecule has 0 heterocycles. The normalized spacial score (nSPS) is 18.0. The number of nitrogens with two attached hydrogens (primary N) is 1. The summed E-state index contributed by atoms with van der Waals surface area (Å²) in [6.07, 6.45) is 6.95.